The Morgan fingerprint density at radius 3 is 2.20 bits per heavy atom. The second-order valence-electron chi connectivity index (χ2n) is 12.3. The van der Waals surface area contributed by atoms with Gasteiger partial charge in [-0.2, -0.15) is 0 Å². The summed E-state index contributed by atoms with van der Waals surface area (Å²) in [4.78, 5) is 59.1. The lowest BCUT2D eigenvalue weighted by atomic mass is 9.63. The van der Waals surface area contributed by atoms with Gasteiger partial charge in [-0.05, 0) is 91.6 Å². The molecule has 0 N–H and O–H groups in total. The number of carbonyl (C=O) groups is 4. The number of esters is 1. The van der Waals surface area contributed by atoms with Crippen LogP contribution >= 0.6 is 0 Å². The lowest BCUT2D eigenvalue weighted by Crippen LogP contribution is -2.40. The van der Waals surface area contributed by atoms with E-state index in [1.165, 1.54) is 29.2 Å². The molecule has 3 aromatic carbocycles. The fourth-order valence-electron chi connectivity index (χ4n) is 7.58. The third kappa shape index (κ3) is 4.12. The molecule has 2 saturated carbocycles. The number of imide groups is 1. The van der Waals surface area contributed by atoms with Crippen molar-refractivity contribution in [2.24, 2.45) is 35.5 Å². The second kappa shape index (κ2) is 9.77. The summed E-state index contributed by atoms with van der Waals surface area (Å²) < 4.78 is 18.7. The number of Topliss-reactive ketones (excluding diaryl/α,β-unsaturated/α-hetero) is 1. The zero-order chi connectivity index (χ0) is 30.3. The fourth-order valence-corrected chi connectivity index (χ4v) is 7.58. The molecule has 3 fully saturated rings. The number of aromatic nitrogens is 1. The number of amides is 2. The first-order valence-corrected chi connectivity index (χ1v) is 14.8. The predicted octanol–water partition coefficient (Wildman–Crippen LogP) is 5.95. The molecule has 6 unspecified atom stereocenters. The van der Waals surface area contributed by atoms with Crippen molar-refractivity contribution in [1.29, 1.82) is 0 Å². The fraction of sp³-hybridized carbons (Fsp3) is 0.250. The van der Waals surface area contributed by atoms with Gasteiger partial charge < -0.3 is 4.74 Å². The Hall–Kier alpha value is -4.98. The maximum atomic E-state index is 13.5. The van der Waals surface area contributed by atoms with Gasteiger partial charge in [0.25, 0.3) is 0 Å². The van der Waals surface area contributed by atoms with E-state index in [-0.39, 0.29) is 46.6 Å². The Kier molecular flexibility index (Phi) is 5.92. The number of hydrogen-bond donors (Lipinski definition) is 0. The summed E-state index contributed by atoms with van der Waals surface area (Å²) >= 11 is 0. The number of ketones is 1. The minimum absolute atomic E-state index is 0.114. The van der Waals surface area contributed by atoms with E-state index in [9.17, 15) is 23.6 Å². The molecule has 4 aliphatic carbocycles. The van der Waals surface area contributed by atoms with Gasteiger partial charge in [-0.25, -0.2) is 14.2 Å². The Morgan fingerprint density at radius 2 is 1.55 bits per heavy atom. The summed E-state index contributed by atoms with van der Waals surface area (Å²) in [7, 11) is 0. The number of nitrogens with zero attached hydrogens (tertiary/aromatic N) is 2. The van der Waals surface area contributed by atoms with Crippen molar-refractivity contribution in [1.82, 2.24) is 4.98 Å². The summed E-state index contributed by atoms with van der Waals surface area (Å²) in [6, 6.07) is 19.3. The van der Waals surface area contributed by atoms with Crippen molar-refractivity contribution in [2.75, 3.05) is 11.5 Å². The number of rotatable bonds is 6. The van der Waals surface area contributed by atoms with Gasteiger partial charge in [0.2, 0.25) is 11.8 Å². The van der Waals surface area contributed by atoms with Crippen LogP contribution in [0.1, 0.15) is 32.7 Å². The quantitative estimate of drug-likeness (QED) is 0.120. The van der Waals surface area contributed by atoms with Crippen LogP contribution in [0.2, 0.25) is 0 Å². The van der Waals surface area contributed by atoms with Gasteiger partial charge in [-0.1, -0.05) is 35.9 Å². The molecule has 44 heavy (non-hydrogen) atoms. The third-order valence-electron chi connectivity index (χ3n) is 9.77. The van der Waals surface area contributed by atoms with Crippen molar-refractivity contribution >= 4 is 40.2 Å². The lowest BCUT2D eigenvalue weighted by molar-refractivity contribution is -0.124. The number of benzene rings is 3. The highest BCUT2D eigenvalue weighted by Gasteiger charge is 2.67. The highest BCUT2D eigenvalue weighted by molar-refractivity contribution is 6.22. The molecule has 4 aromatic rings. The number of halogens is 1. The van der Waals surface area contributed by atoms with E-state index in [2.05, 4.69) is 12.2 Å². The summed E-state index contributed by atoms with van der Waals surface area (Å²) in [5.74, 6) is -0.974. The molecule has 1 aromatic heterocycles. The van der Waals surface area contributed by atoms with Crippen molar-refractivity contribution in [3.05, 3.63) is 107 Å². The van der Waals surface area contributed by atoms with E-state index in [1.54, 1.807) is 30.3 Å². The molecular formula is C36H27FN2O5. The Bertz CT molecular complexity index is 1900. The van der Waals surface area contributed by atoms with Gasteiger partial charge in [0.05, 0.1) is 34.3 Å². The van der Waals surface area contributed by atoms with E-state index < -0.39 is 24.2 Å². The molecule has 0 spiro atoms. The first-order chi connectivity index (χ1) is 21.3. The average Bonchev–Trinajstić information content (AvgIpc) is 3.82. The topological polar surface area (TPSA) is 93.6 Å². The minimum atomic E-state index is -0.687. The van der Waals surface area contributed by atoms with Crippen LogP contribution in [0.3, 0.4) is 0 Å². The molecule has 5 aliphatic rings. The standard InChI is InChI=1S/C36H27FN2O5/c1-18-2-13-29-27(14-18)28(36(43)44-17-31(40)20-3-7-21(37)8-4-20)16-30(38-29)19-5-9-22(10-6-19)39-34(41)32-23-11-12-24(26-15-25(23)26)33(32)35(39)42/h2-14,16,23-26,32-33H,15,17H2,1H3. The number of aryl methyl sites for hydroxylation is 1. The maximum Gasteiger partial charge on any atom is 0.339 e. The SMILES string of the molecule is Cc1ccc2nc(-c3ccc(N4C(=O)C5C6C=CC(C7CC67)C5C4=O)cc3)cc(C(=O)OCC(=O)c3ccc(F)cc3)c2c1. The number of anilines is 1. The van der Waals surface area contributed by atoms with Crippen molar-refractivity contribution in [2.45, 2.75) is 13.3 Å². The molecule has 2 amide bonds. The zero-order valence-electron chi connectivity index (χ0n) is 23.8. The van der Waals surface area contributed by atoms with Gasteiger partial charge in [0.15, 0.2) is 12.4 Å². The second-order valence-corrected chi connectivity index (χ2v) is 12.3. The average molecular weight is 587 g/mol. The Labute approximate surface area is 252 Å². The molecule has 6 atom stereocenters. The summed E-state index contributed by atoms with van der Waals surface area (Å²) in [5, 5.41) is 0.585. The molecule has 8 heteroatoms. The molecule has 1 saturated heterocycles. The number of hydrogen-bond acceptors (Lipinski definition) is 6. The first-order valence-electron chi connectivity index (χ1n) is 14.8. The van der Waals surface area contributed by atoms with Crippen LogP contribution in [-0.2, 0) is 14.3 Å². The van der Waals surface area contributed by atoms with E-state index in [0.717, 1.165) is 12.0 Å². The minimum Gasteiger partial charge on any atom is -0.454 e. The Balaban J connectivity index is 1.07. The van der Waals surface area contributed by atoms with Gasteiger partial charge in [0.1, 0.15) is 5.82 Å². The van der Waals surface area contributed by atoms with Crippen LogP contribution in [-0.4, -0.2) is 35.2 Å². The molecule has 1 aliphatic heterocycles. The van der Waals surface area contributed by atoms with Crippen LogP contribution in [0.15, 0.2) is 84.9 Å². The number of carbonyl (C=O) groups excluding carboxylic acids is 4. The molecule has 2 heterocycles. The molecule has 2 bridgehead atoms. The summed E-state index contributed by atoms with van der Waals surface area (Å²) in [5.41, 5.74) is 3.71. The molecular weight excluding hydrogens is 559 g/mol. The predicted molar refractivity (Wildman–Crippen MR) is 160 cm³/mol. The molecule has 0 radical (unpaired) electrons. The van der Waals surface area contributed by atoms with Gasteiger partial charge in [0, 0.05) is 16.5 Å². The van der Waals surface area contributed by atoms with Gasteiger partial charge in [-0.15, -0.1) is 0 Å². The molecule has 7 nitrogen and oxygen atoms in total. The first kappa shape index (κ1) is 26.6. The molecule has 9 rings (SSSR count). The number of ether oxygens (including phenoxy) is 1. The van der Waals surface area contributed by atoms with Crippen molar-refractivity contribution in [3.8, 4) is 11.3 Å². The van der Waals surface area contributed by atoms with Crippen LogP contribution in [0.5, 0.6) is 0 Å². The van der Waals surface area contributed by atoms with E-state index >= 15 is 0 Å². The monoisotopic (exact) mass is 586 g/mol. The van der Waals surface area contributed by atoms with E-state index in [4.69, 9.17) is 9.72 Å². The summed E-state index contributed by atoms with van der Waals surface area (Å²) in [6.07, 6.45) is 5.43. The summed E-state index contributed by atoms with van der Waals surface area (Å²) in [6.45, 7) is 1.41. The Morgan fingerprint density at radius 1 is 0.886 bits per heavy atom. The van der Waals surface area contributed by atoms with Crippen molar-refractivity contribution in [3.63, 3.8) is 0 Å². The van der Waals surface area contributed by atoms with Crippen molar-refractivity contribution < 1.29 is 28.3 Å². The van der Waals surface area contributed by atoms with Gasteiger partial charge >= 0.3 is 5.97 Å². The number of allylic oxidation sites excluding steroid dienone is 2. The highest BCUT2D eigenvalue weighted by Crippen LogP contribution is 2.65. The number of pyridine rings is 1. The third-order valence-corrected chi connectivity index (χ3v) is 9.77. The largest absolute Gasteiger partial charge is 0.454 e. The van der Waals surface area contributed by atoms with E-state index in [0.29, 0.717) is 39.7 Å². The lowest BCUT2D eigenvalue weighted by Gasteiger charge is -2.37. The maximum absolute atomic E-state index is 13.5. The molecule has 218 valence electrons. The van der Waals surface area contributed by atoms with Gasteiger partial charge in [-0.3, -0.25) is 19.3 Å². The van der Waals surface area contributed by atoms with Crippen LogP contribution in [0.4, 0.5) is 10.1 Å². The zero-order valence-corrected chi connectivity index (χ0v) is 23.8. The van der Waals surface area contributed by atoms with Crippen LogP contribution in [0, 0.1) is 48.2 Å². The van der Waals surface area contributed by atoms with E-state index in [1.807, 2.05) is 25.1 Å². The van der Waals surface area contributed by atoms with Crippen LogP contribution < -0.4 is 4.90 Å². The number of fused-ring (bicyclic) bond motifs is 1. The normalized spacial score (nSPS) is 26.1. The van der Waals surface area contributed by atoms with Crippen LogP contribution in [0.25, 0.3) is 22.2 Å². The highest BCUT2D eigenvalue weighted by atomic mass is 19.1. The smallest absolute Gasteiger partial charge is 0.339 e.